The number of carboxylic acid groups (broad SMARTS) is 1. The Morgan fingerprint density at radius 2 is 2.06 bits per heavy atom. The van der Waals surface area contributed by atoms with Crippen molar-refractivity contribution in [1.82, 2.24) is 0 Å². The van der Waals surface area contributed by atoms with Gasteiger partial charge in [0.1, 0.15) is 11.5 Å². The molecule has 1 aromatic rings. The van der Waals surface area contributed by atoms with Crippen LogP contribution in [0.4, 0.5) is 13.2 Å². The summed E-state index contributed by atoms with van der Waals surface area (Å²) in [5.41, 5.74) is 0. The van der Waals surface area contributed by atoms with Gasteiger partial charge < -0.3 is 14.9 Å². The molecule has 0 fully saturated rings. The number of aromatic hydroxyl groups is 1. The average Bonchev–Trinajstić information content (AvgIpc) is 2.14. The molecule has 2 N–H and O–H groups in total. The molecule has 7 heteroatoms. The minimum atomic E-state index is -4.79. The third-order valence-electron chi connectivity index (χ3n) is 1.82. The van der Waals surface area contributed by atoms with Crippen LogP contribution in [-0.4, -0.2) is 28.5 Å². The Balaban J connectivity index is 2.83. The Morgan fingerprint density at radius 3 is 2.53 bits per heavy atom. The summed E-state index contributed by atoms with van der Waals surface area (Å²) < 4.78 is 41.8. The summed E-state index contributed by atoms with van der Waals surface area (Å²) in [6, 6.07) is 4.71. The molecule has 0 saturated heterocycles. The van der Waals surface area contributed by atoms with Crippen molar-refractivity contribution in [3.05, 3.63) is 24.3 Å². The summed E-state index contributed by atoms with van der Waals surface area (Å²) in [6.07, 6.45) is -8.43. The lowest BCUT2D eigenvalue weighted by molar-refractivity contribution is -0.200. The van der Waals surface area contributed by atoms with Crippen LogP contribution in [0, 0.1) is 0 Å². The molecule has 94 valence electrons. The van der Waals surface area contributed by atoms with E-state index in [1.54, 1.807) is 0 Å². The summed E-state index contributed by atoms with van der Waals surface area (Å²) in [5, 5.41) is 17.4. The lowest BCUT2D eigenvalue weighted by Crippen LogP contribution is -2.36. The van der Waals surface area contributed by atoms with Crippen molar-refractivity contribution in [2.24, 2.45) is 0 Å². The number of carbonyl (C=O) groups is 1. The van der Waals surface area contributed by atoms with E-state index in [9.17, 15) is 18.0 Å². The molecule has 0 aliphatic carbocycles. The van der Waals surface area contributed by atoms with Gasteiger partial charge in [-0.25, -0.2) is 0 Å². The van der Waals surface area contributed by atoms with Crippen molar-refractivity contribution < 1.29 is 32.9 Å². The third-order valence-corrected chi connectivity index (χ3v) is 1.82. The number of hydrogen-bond donors (Lipinski definition) is 2. The highest BCUT2D eigenvalue weighted by Crippen LogP contribution is 2.28. The number of aliphatic carboxylic acids is 1. The summed E-state index contributed by atoms with van der Waals surface area (Å²) in [6.45, 7) is 0. The van der Waals surface area contributed by atoms with Crippen molar-refractivity contribution in [3.8, 4) is 11.5 Å². The van der Waals surface area contributed by atoms with Crippen LogP contribution in [0.2, 0.25) is 0 Å². The number of benzene rings is 1. The van der Waals surface area contributed by atoms with E-state index < -0.39 is 24.7 Å². The summed E-state index contributed by atoms with van der Waals surface area (Å²) in [7, 11) is 0. The predicted molar refractivity (Wildman–Crippen MR) is 50.8 cm³/mol. The monoisotopic (exact) mass is 250 g/mol. The molecule has 4 nitrogen and oxygen atoms in total. The first kappa shape index (κ1) is 13.1. The number of phenols is 1. The first-order valence-electron chi connectivity index (χ1n) is 4.53. The Labute approximate surface area is 94.3 Å². The van der Waals surface area contributed by atoms with E-state index in [-0.39, 0.29) is 11.5 Å². The van der Waals surface area contributed by atoms with Crippen LogP contribution in [0.1, 0.15) is 6.42 Å². The van der Waals surface area contributed by atoms with Crippen molar-refractivity contribution in [2.45, 2.75) is 18.7 Å². The van der Waals surface area contributed by atoms with Gasteiger partial charge in [0.2, 0.25) is 6.10 Å². The van der Waals surface area contributed by atoms with E-state index in [0.29, 0.717) is 0 Å². The second kappa shape index (κ2) is 4.94. The Hall–Kier alpha value is -1.92. The second-order valence-corrected chi connectivity index (χ2v) is 3.24. The van der Waals surface area contributed by atoms with Gasteiger partial charge in [-0.1, -0.05) is 6.07 Å². The Bertz CT molecular complexity index is 403. The van der Waals surface area contributed by atoms with E-state index in [2.05, 4.69) is 4.74 Å². The molecular weight excluding hydrogens is 241 g/mol. The Kier molecular flexibility index (Phi) is 3.82. The van der Waals surface area contributed by atoms with Gasteiger partial charge >= 0.3 is 12.1 Å². The topological polar surface area (TPSA) is 66.8 Å². The summed E-state index contributed by atoms with van der Waals surface area (Å²) in [5.74, 6) is -2.13. The fourth-order valence-corrected chi connectivity index (χ4v) is 1.10. The van der Waals surface area contributed by atoms with Crippen LogP contribution < -0.4 is 4.74 Å². The maximum Gasteiger partial charge on any atom is 0.425 e. The molecule has 0 amide bonds. The van der Waals surface area contributed by atoms with Crippen LogP contribution in [0.25, 0.3) is 0 Å². The van der Waals surface area contributed by atoms with Crippen molar-refractivity contribution in [1.29, 1.82) is 0 Å². The van der Waals surface area contributed by atoms with Crippen molar-refractivity contribution in [2.75, 3.05) is 0 Å². The van der Waals surface area contributed by atoms with Gasteiger partial charge in [-0.15, -0.1) is 0 Å². The molecule has 1 rings (SSSR count). The van der Waals surface area contributed by atoms with Gasteiger partial charge in [0.05, 0.1) is 6.42 Å². The highest BCUT2D eigenvalue weighted by Gasteiger charge is 2.43. The molecular formula is C10H9F3O4. The zero-order chi connectivity index (χ0) is 13.1. The van der Waals surface area contributed by atoms with Crippen LogP contribution in [0.3, 0.4) is 0 Å². The number of phenolic OH excluding ortho intramolecular Hbond substituents is 1. The van der Waals surface area contributed by atoms with Gasteiger partial charge in [-0.05, 0) is 12.1 Å². The maximum atomic E-state index is 12.4. The standard InChI is InChI=1S/C10H9F3O4/c11-10(12,13)8(5-9(15)16)17-7-3-1-2-6(14)4-7/h1-4,8,14H,5H2,(H,15,16). The van der Waals surface area contributed by atoms with Gasteiger partial charge in [0, 0.05) is 6.07 Å². The van der Waals surface area contributed by atoms with Gasteiger partial charge in [-0.2, -0.15) is 13.2 Å². The molecule has 0 radical (unpaired) electrons. The zero-order valence-electron chi connectivity index (χ0n) is 8.44. The molecule has 0 spiro atoms. The smallest absolute Gasteiger partial charge is 0.425 e. The van der Waals surface area contributed by atoms with Crippen LogP contribution >= 0.6 is 0 Å². The number of rotatable bonds is 4. The van der Waals surface area contributed by atoms with Gasteiger partial charge in [0.25, 0.3) is 0 Å². The number of carboxylic acids is 1. The number of alkyl halides is 3. The SMILES string of the molecule is O=C(O)CC(Oc1cccc(O)c1)C(F)(F)F. The largest absolute Gasteiger partial charge is 0.508 e. The second-order valence-electron chi connectivity index (χ2n) is 3.24. The van der Waals surface area contributed by atoms with E-state index in [1.165, 1.54) is 18.2 Å². The molecule has 0 aliphatic heterocycles. The van der Waals surface area contributed by atoms with Gasteiger partial charge in [0.15, 0.2) is 0 Å². The quantitative estimate of drug-likeness (QED) is 0.859. The molecule has 0 aliphatic rings. The van der Waals surface area contributed by atoms with E-state index in [0.717, 1.165) is 6.07 Å². The number of hydrogen-bond acceptors (Lipinski definition) is 3. The maximum absolute atomic E-state index is 12.4. The minimum absolute atomic E-state index is 0.242. The van der Waals surface area contributed by atoms with Crippen LogP contribution in [-0.2, 0) is 4.79 Å². The van der Waals surface area contributed by atoms with E-state index >= 15 is 0 Å². The molecule has 0 saturated carbocycles. The first-order chi connectivity index (χ1) is 7.79. The highest BCUT2D eigenvalue weighted by atomic mass is 19.4. The molecule has 0 bridgehead atoms. The average molecular weight is 250 g/mol. The third kappa shape index (κ3) is 4.21. The van der Waals surface area contributed by atoms with Crippen LogP contribution in [0.15, 0.2) is 24.3 Å². The predicted octanol–water partition coefficient (Wildman–Crippen LogP) is 2.18. The fraction of sp³-hybridized carbons (Fsp3) is 0.300. The zero-order valence-corrected chi connectivity index (χ0v) is 8.44. The summed E-state index contributed by atoms with van der Waals surface area (Å²) in [4.78, 5) is 10.3. The molecule has 1 unspecified atom stereocenters. The first-order valence-corrected chi connectivity index (χ1v) is 4.53. The lowest BCUT2D eigenvalue weighted by Gasteiger charge is -2.20. The Morgan fingerprint density at radius 1 is 1.41 bits per heavy atom. The van der Waals surface area contributed by atoms with E-state index in [4.69, 9.17) is 10.2 Å². The molecule has 1 aromatic carbocycles. The molecule has 0 aromatic heterocycles. The fourth-order valence-electron chi connectivity index (χ4n) is 1.10. The minimum Gasteiger partial charge on any atom is -0.508 e. The molecule has 0 heterocycles. The molecule has 17 heavy (non-hydrogen) atoms. The normalized spacial score (nSPS) is 13.1. The lowest BCUT2D eigenvalue weighted by atomic mass is 10.2. The highest BCUT2D eigenvalue weighted by molar-refractivity contribution is 5.67. The van der Waals surface area contributed by atoms with Crippen LogP contribution in [0.5, 0.6) is 11.5 Å². The van der Waals surface area contributed by atoms with Crippen molar-refractivity contribution >= 4 is 5.97 Å². The van der Waals surface area contributed by atoms with E-state index in [1.807, 2.05) is 0 Å². The van der Waals surface area contributed by atoms with Crippen molar-refractivity contribution in [3.63, 3.8) is 0 Å². The number of ether oxygens (including phenoxy) is 1. The number of halogens is 3. The molecule has 1 atom stereocenters. The van der Waals surface area contributed by atoms with Gasteiger partial charge in [-0.3, -0.25) is 4.79 Å². The summed E-state index contributed by atoms with van der Waals surface area (Å²) >= 11 is 0.